The Bertz CT molecular complexity index is 196. The molecule has 0 fully saturated rings. The van der Waals surface area contributed by atoms with Crippen molar-refractivity contribution in [2.75, 3.05) is 26.6 Å². The Kier molecular flexibility index (Phi) is 10.3. The Hall–Kier alpha value is -0.530. The van der Waals surface area contributed by atoms with Gasteiger partial charge in [0.25, 0.3) is 0 Å². The average molecular weight is 250 g/mol. The normalized spacial score (nSPS) is 14.6. The van der Waals surface area contributed by atoms with Crippen LogP contribution in [0.3, 0.4) is 0 Å². The van der Waals surface area contributed by atoms with E-state index in [1.165, 1.54) is 0 Å². The van der Waals surface area contributed by atoms with Crippen LogP contribution in [0.5, 0.6) is 0 Å². The van der Waals surface area contributed by atoms with E-state index in [1.54, 1.807) is 6.92 Å². The van der Waals surface area contributed by atoms with Gasteiger partial charge in [0.1, 0.15) is 24.8 Å². The van der Waals surface area contributed by atoms with E-state index in [9.17, 15) is 9.90 Å². The average Bonchev–Trinajstić information content (AvgIpc) is 2.31. The molecule has 102 valence electrons. The SMILES string of the molecule is CC(=O)CCCCOCOC(CO)C(O)CO. The van der Waals surface area contributed by atoms with Crippen LogP contribution in [0.4, 0.5) is 0 Å². The quantitative estimate of drug-likeness (QED) is 0.336. The molecule has 0 aromatic heterocycles. The van der Waals surface area contributed by atoms with Gasteiger partial charge < -0.3 is 29.6 Å². The largest absolute Gasteiger partial charge is 0.394 e. The van der Waals surface area contributed by atoms with E-state index >= 15 is 0 Å². The predicted molar refractivity (Wildman–Crippen MR) is 60.4 cm³/mol. The smallest absolute Gasteiger partial charge is 0.147 e. The lowest BCUT2D eigenvalue weighted by molar-refractivity contribution is -0.144. The van der Waals surface area contributed by atoms with Gasteiger partial charge in [-0.1, -0.05) is 0 Å². The van der Waals surface area contributed by atoms with Crippen LogP contribution in [0.1, 0.15) is 26.2 Å². The Balaban J connectivity index is 3.40. The van der Waals surface area contributed by atoms with Crippen LogP contribution in [-0.4, -0.2) is 59.9 Å². The zero-order chi connectivity index (χ0) is 13.1. The number of rotatable bonds is 11. The second kappa shape index (κ2) is 10.6. The number of hydrogen-bond acceptors (Lipinski definition) is 6. The van der Waals surface area contributed by atoms with Crippen molar-refractivity contribution in [3.63, 3.8) is 0 Å². The van der Waals surface area contributed by atoms with Gasteiger partial charge in [0.2, 0.25) is 0 Å². The predicted octanol–water partition coefficient (Wildman–Crippen LogP) is -0.550. The van der Waals surface area contributed by atoms with E-state index in [4.69, 9.17) is 19.7 Å². The minimum Gasteiger partial charge on any atom is -0.394 e. The maximum absolute atomic E-state index is 10.6. The van der Waals surface area contributed by atoms with E-state index in [0.717, 1.165) is 12.8 Å². The number of unbranched alkanes of at least 4 members (excludes halogenated alkanes) is 1. The summed E-state index contributed by atoms with van der Waals surface area (Å²) in [5, 5.41) is 26.7. The molecule has 0 aliphatic carbocycles. The highest BCUT2D eigenvalue weighted by Gasteiger charge is 2.17. The van der Waals surface area contributed by atoms with Crippen LogP contribution in [0.25, 0.3) is 0 Å². The number of Topliss-reactive ketones (excluding diaryl/α,β-unsaturated/α-hetero) is 1. The monoisotopic (exact) mass is 250 g/mol. The maximum Gasteiger partial charge on any atom is 0.147 e. The Morgan fingerprint density at radius 2 is 1.94 bits per heavy atom. The van der Waals surface area contributed by atoms with Gasteiger partial charge in [-0.15, -0.1) is 0 Å². The third kappa shape index (κ3) is 9.20. The molecule has 0 radical (unpaired) electrons. The van der Waals surface area contributed by atoms with Crippen molar-refractivity contribution in [1.82, 2.24) is 0 Å². The van der Waals surface area contributed by atoms with E-state index in [-0.39, 0.29) is 19.2 Å². The lowest BCUT2D eigenvalue weighted by atomic mass is 10.2. The first-order valence-electron chi connectivity index (χ1n) is 5.70. The first-order chi connectivity index (χ1) is 8.11. The second-order valence-corrected chi connectivity index (χ2v) is 3.82. The summed E-state index contributed by atoms with van der Waals surface area (Å²) in [7, 11) is 0. The molecule has 0 heterocycles. The number of aliphatic hydroxyl groups excluding tert-OH is 3. The van der Waals surface area contributed by atoms with Crippen LogP contribution in [0.2, 0.25) is 0 Å². The summed E-state index contributed by atoms with van der Waals surface area (Å²) in [6.07, 6.45) is 0.138. The summed E-state index contributed by atoms with van der Waals surface area (Å²) in [4.78, 5) is 10.6. The van der Waals surface area contributed by atoms with E-state index in [0.29, 0.717) is 13.0 Å². The van der Waals surface area contributed by atoms with Crippen molar-refractivity contribution in [3.05, 3.63) is 0 Å². The number of ketones is 1. The van der Waals surface area contributed by atoms with Crippen LogP contribution < -0.4 is 0 Å². The van der Waals surface area contributed by atoms with Crippen molar-refractivity contribution in [3.8, 4) is 0 Å². The molecule has 3 N–H and O–H groups in total. The summed E-state index contributed by atoms with van der Waals surface area (Å²) in [5.41, 5.74) is 0. The molecule has 0 aromatic rings. The number of hydrogen-bond donors (Lipinski definition) is 3. The third-order valence-electron chi connectivity index (χ3n) is 2.23. The van der Waals surface area contributed by atoms with Crippen molar-refractivity contribution < 1.29 is 29.6 Å². The lowest BCUT2D eigenvalue weighted by Crippen LogP contribution is -2.35. The van der Waals surface area contributed by atoms with Crippen molar-refractivity contribution >= 4 is 5.78 Å². The molecule has 0 bridgehead atoms. The number of carbonyl (C=O) groups excluding carboxylic acids is 1. The standard InChI is InChI=1S/C11H22O6/c1-9(14)4-2-3-5-16-8-17-11(7-13)10(15)6-12/h10-13,15H,2-8H2,1H3. The van der Waals surface area contributed by atoms with Crippen molar-refractivity contribution in [2.24, 2.45) is 0 Å². The molecule has 0 amide bonds. The highest BCUT2D eigenvalue weighted by Crippen LogP contribution is 2.00. The fraction of sp³-hybridized carbons (Fsp3) is 0.909. The highest BCUT2D eigenvalue weighted by molar-refractivity contribution is 5.75. The Morgan fingerprint density at radius 3 is 2.47 bits per heavy atom. The van der Waals surface area contributed by atoms with Crippen LogP contribution >= 0.6 is 0 Å². The Morgan fingerprint density at radius 1 is 1.24 bits per heavy atom. The van der Waals surface area contributed by atoms with E-state index < -0.39 is 18.8 Å². The molecule has 6 heteroatoms. The maximum atomic E-state index is 10.6. The molecule has 2 unspecified atom stereocenters. The molecule has 0 aliphatic heterocycles. The molecule has 17 heavy (non-hydrogen) atoms. The van der Waals surface area contributed by atoms with Gasteiger partial charge in [-0.25, -0.2) is 0 Å². The summed E-state index contributed by atoms with van der Waals surface area (Å²) in [5.74, 6) is 0.160. The topological polar surface area (TPSA) is 96.2 Å². The molecular weight excluding hydrogens is 228 g/mol. The minimum atomic E-state index is -1.11. The summed E-state index contributed by atoms with van der Waals surface area (Å²) in [6.45, 7) is 1.11. The minimum absolute atomic E-state index is 0.0532. The lowest BCUT2D eigenvalue weighted by Gasteiger charge is -2.19. The zero-order valence-corrected chi connectivity index (χ0v) is 10.2. The van der Waals surface area contributed by atoms with Gasteiger partial charge in [-0.3, -0.25) is 0 Å². The molecule has 2 atom stereocenters. The van der Waals surface area contributed by atoms with Gasteiger partial charge in [0.05, 0.1) is 13.2 Å². The summed E-state index contributed by atoms with van der Waals surface area (Å²) in [6, 6.07) is 0. The Labute approximate surface area is 101 Å². The van der Waals surface area contributed by atoms with Crippen molar-refractivity contribution in [1.29, 1.82) is 0 Å². The second-order valence-electron chi connectivity index (χ2n) is 3.82. The van der Waals surface area contributed by atoms with Gasteiger partial charge in [-0.05, 0) is 19.8 Å². The molecule has 0 spiro atoms. The van der Waals surface area contributed by atoms with E-state index in [2.05, 4.69) is 0 Å². The van der Waals surface area contributed by atoms with Gasteiger partial charge in [0, 0.05) is 13.0 Å². The molecular formula is C11H22O6. The van der Waals surface area contributed by atoms with Crippen molar-refractivity contribution in [2.45, 2.75) is 38.4 Å². The number of carbonyl (C=O) groups is 1. The molecule has 0 aromatic carbocycles. The van der Waals surface area contributed by atoms with Crippen LogP contribution in [0, 0.1) is 0 Å². The fourth-order valence-corrected chi connectivity index (χ4v) is 1.18. The first kappa shape index (κ1) is 16.5. The molecule has 0 aliphatic rings. The summed E-state index contributed by atoms with van der Waals surface area (Å²) >= 11 is 0. The molecule has 0 saturated heterocycles. The van der Waals surface area contributed by atoms with Gasteiger partial charge in [-0.2, -0.15) is 0 Å². The van der Waals surface area contributed by atoms with Crippen LogP contribution in [-0.2, 0) is 14.3 Å². The number of aliphatic hydroxyl groups is 3. The first-order valence-corrected chi connectivity index (χ1v) is 5.70. The third-order valence-corrected chi connectivity index (χ3v) is 2.23. The summed E-state index contributed by atoms with van der Waals surface area (Å²) < 4.78 is 10.1. The van der Waals surface area contributed by atoms with Gasteiger partial charge >= 0.3 is 0 Å². The van der Waals surface area contributed by atoms with Gasteiger partial charge in [0.15, 0.2) is 0 Å². The molecule has 0 saturated carbocycles. The molecule has 6 nitrogen and oxygen atoms in total. The number of ether oxygens (including phenoxy) is 2. The molecule has 0 rings (SSSR count). The van der Waals surface area contributed by atoms with Crippen LogP contribution in [0.15, 0.2) is 0 Å². The highest BCUT2D eigenvalue weighted by atomic mass is 16.7. The van der Waals surface area contributed by atoms with E-state index in [1.807, 2.05) is 0 Å². The zero-order valence-electron chi connectivity index (χ0n) is 10.2. The fourth-order valence-electron chi connectivity index (χ4n) is 1.18.